The highest BCUT2D eigenvalue weighted by Gasteiger charge is 2.34. The van der Waals surface area contributed by atoms with E-state index in [1.807, 2.05) is 6.92 Å². The van der Waals surface area contributed by atoms with Gasteiger partial charge in [-0.25, -0.2) is 4.98 Å². The van der Waals surface area contributed by atoms with Gasteiger partial charge in [-0.2, -0.15) is 0 Å². The molecular weight excluding hydrogens is 266 g/mol. The van der Waals surface area contributed by atoms with Crippen LogP contribution in [0, 0.1) is 12.8 Å². The minimum absolute atomic E-state index is 0.0142. The molecule has 1 aromatic heterocycles. The molecule has 21 heavy (non-hydrogen) atoms. The molecule has 2 aliphatic rings. The lowest BCUT2D eigenvalue weighted by Crippen LogP contribution is -2.53. The summed E-state index contributed by atoms with van der Waals surface area (Å²) in [5.74, 6) is 0.911. The molecule has 2 fully saturated rings. The number of amides is 1. The summed E-state index contributed by atoms with van der Waals surface area (Å²) in [5, 5.41) is 16.0. The monoisotopic (exact) mass is 289 g/mol. The Balaban J connectivity index is 1.64. The molecule has 1 saturated carbocycles. The van der Waals surface area contributed by atoms with Crippen molar-refractivity contribution in [3.05, 3.63) is 17.8 Å². The van der Waals surface area contributed by atoms with E-state index in [1.54, 1.807) is 12.1 Å². The van der Waals surface area contributed by atoms with Crippen molar-refractivity contribution in [1.29, 1.82) is 0 Å². The maximum absolute atomic E-state index is 12.4. The zero-order valence-electron chi connectivity index (χ0n) is 12.4. The van der Waals surface area contributed by atoms with Gasteiger partial charge in [-0.1, -0.05) is 12.8 Å². The number of hydrogen-bond donors (Lipinski definition) is 3. The number of nitrogens with one attached hydrogen (secondary N) is 2. The molecule has 0 bridgehead atoms. The maximum Gasteiger partial charge on any atom is 0.242 e. The molecule has 1 aliphatic heterocycles. The van der Waals surface area contributed by atoms with E-state index in [-0.39, 0.29) is 23.5 Å². The summed E-state index contributed by atoms with van der Waals surface area (Å²) >= 11 is 0. The highest BCUT2D eigenvalue weighted by Crippen LogP contribution is 2.32. The number of anilines is 1. The first-order valence-electron chi connectivity index (χ1n) is 7.87. The molecule has 1 saturated heterocycles. The number of pyridine rings is 1. The van der Waals surface area contributed by atoms with Crippen LogP contribution in [0.15, 0.2) is 12.1 Å². The smallest absolute Gasteiger partial charge is 0.242 e. The molecule has 3 N–H and O–H groups in total. The molecule has 0 spiro atoms. The first kappa shape index (κ1) is 14.3. The summed E-state index contributed by atoms with van der Waals surface area (Å²) < 4.78 is 0. The Kier molecular flexibility index (Phi) is 4.10. The first-order chi connectivity index (χ1) is 10.1. The number of hydrogen-bond acceptors (Lipinski definition) is 4. The second-order valence-corrected chi connectivity index (χ2v) is 6.26. The molecule has 1 aliphatic carbocycles. The van der Waals surface area contributed by atoms with Crippen LogP contribution in [0.1, 0.15) is 44.2 Å². The fourth-order valence-corrected chi connectivity index (χ4v) is 3.55. The van der Waals surface area contributed by atoms with Gasteiger partial charge in [0, 0.05) is 11.7 Å². The number of fused-ring (bicyclic) bond motifs is 1. The maximum atomic E-state index is 12.4. The van der Waals surface area contributed by atoms with Crippen LogP contribution in [0.3, 0.4) is 0 Å². The molecule has 3 rings (SSSR count). The number of piperidine rings is 1. The van der Waals surface area contributed by atoms with Gasteiger partial charge in [0.1, 0.15) is 0 Å². The quantitative estimate of drug-likeness (QED) is 0.781. The lowest BCUT2D eigenvalue weighted by molar-refractivity contribution is -0.119. The van der Waals surface area contributed by atoms with Gasteiger partial charge < -0.3 is 15.7 Å². The SMILES string of the molecule is Cc1ccc(O)c(NC(=O)C2CCC3CCCCC3N2)n1. The van der Waals surface area contributed by atoms with Crippen LogP contribution in [-0.2, 0) is 4.79 Å². The van der Waals surface area contributed by atoms with Crippen LogP contribution in [0.5, 0.6) is 5.75 Å². The Morgan fingerprint density at radius 3 is 2.95 bits per heavy atom. The van der Waals surface area contributed by atoms with Crippen molar-refractivity contribution in [1.82, 2.24) is 10.3 Å². The number of aromatic nitrogens is 1. The molecule has 1 amide bonds. The molecule has 1 aromatic rings. The van der Waals surface area contributed by atoms with E-state index in [1.165, 1.54) is 25.7 Å². The second-order valence-electron chi connectivity index (χ2n) is 6.26. The topological polar surface area (TPSA) is 74.2 Å². The Morgan fingerprint density at radius 1 is 1.29 bits per heavy atom. The highest BCUT2D eigenvalue weighted by molar-refractivity contribution is 5.95. The number of aryl methyl sites for hydroxylation is 1. The summed E-state index contributed by atoms with van der Waals surface area (Å²) in [6, 6.07) is 3.58. The largest absolute Gasteiger partial charge is 0.504 e. The zero-order chi connectivity index (χ0) is 14.8. The number of rotatable bonds is 2. The Morgan fingerprint density at radius 2 is 2.10 bits per heavy atom. The number of nitrogens with zero attached hydrogens (tertiary/aromatic N) is 1. The van der Waals surface area contributed by atoms with Crippen LogP contribution in [-0.4, -0.2) is 28.1 Å². The summed E-state index contributed by atoms with van der Waals surface area (Å²) in [6.45, 7) is 1.83. The van der Waals surface area contributed by atoms with E-state index < -0.39 is 0 Å². The normalized spacial score (nSPS) is 28.7. The van der Waals surface area contributed by atoms with Crippen molar-refractivity contribution in [2.24, 2.45) is 5.92 Å². The van der Waals surface area contributed by atoms with Crippen molar-refractivity contribution in [2.45, 2.75) is 57.5 Å². The second kappa shape index (κ2) is 6.02. The molecular formula is C16H23N3O2. The van der Waals surface area contributed by atoms with Gasteiger partial charge in [-0.3, -0.25) is 4.79 Å². The van der Waals surface area contributed by atoms with Crippen LogP contribution in [0.2, 0.25) is 0 Å². The number of carbonyl (C=O) groups is 1. The third-order valence-corrected chi connectivity index (χ3v) is 4.72. The van der Waals surface area contributed by atoms with Gasteiger partial charge in [0.05, 0.1) is 6.04 Å². The standard InChI is InChI=1S/C16H23N3O2/c1-10-6-9-14(20)15(17-10)19-16(21)13-8-7-11-4-2-3-5-12(11)18-13/h6,9,11-13,18,20H,2-5,7-8H2,1H3,(H,17,19,21). The van der Waals surface area contributed by atoms with Crippen molar-refractivity contribution in [3.63, 3.8) is 0 Å². The third kappa shape index (κ3) is 3.18. The summed E-state index contributed by atoms with van der Waals surface area (Å²) in [6.07, 6.45) is 7.00. The van der Waals surface area contributed by atoms with Crippen LogP contribution in [0.25, 0.3) is 0 Å². The lowest BCUT2D eigenvalue weighted by atomic mass is 9.77. The van der Waals surface area contributed by atoms with E-state index in [2.05, 4.69) is 15.6 Å². The van der Waals surface area contributed by atoms with Crippen LogP contribution in [0.4, 0.5) is 5.82 Å². The van der Waals surface area contributed by atoms with Gasteiger partial charge in [-0.15, -0.1) is 0 Å². The average Bonchev–Trinajstić information content (AvgIpc) is 2.50. The molecule has 0 radical (unpaired) electrons. The van der Waals surface area contributed by atoms with E-state index >= 15 is 0 Å². The first-order valence-corrected chi connectivity index (χ1v) is 7.87. The van der Waals surface area contributed by atoms with E-state index in [0.717, 1.165) is 24.5 Å². The van der Waals surface area contributed by atoms with E-state index in [4.69, 9.17) is 0 Å². The molecule has 2 heterocycles. The van der Waals surface area contributed by atoms with Crippen LogP contribution < -0.4 is 10.6 Å². The molecule has 5 nitrogen and oxygen atoms in total. The molecule has 5 heteroatoms. The number of carbonyl (C=O) groups excluding carboxylic acids is 1. The summed E-state index contributed by atoms with van der Waals surface area (Å²) in [5.41, 5.74) is 0.770. The fraction of sp³-hybridized carbons (Fsp3) is 0.625. The Hall–Kier alpha value is -1.62. The Labute approximate surface area is 125 Å². The summed E-state index contributed by atoms with van der Waals surface area (Å²) in [4.78, 5) is 16.6. The fourth-order valence-electron chi connectivity index (χ4n) is 3.55. The molecule has 3 atom stereocenters. The minimum atomic E-state index is -0.175. The lowest BCUT2D eigenvalue weighted by Gasteiger charge is -2.39. The van der Waals surface area contributed by atoms with Gasteiger partial charge in [0.25, 0.3) is 0 Å². The van der Waals surface area contributed by atoms with Gasteiger partial charge in [-0.05, 0) is 50.7 Å². The van der Waals surface area contributed by atoms with Crippen molar-refractivity contribution < 1.29 is 9.90 Å². The predicted molar refractivity (Wildman–Crippen MR) is 81.2 cm³/mol. The summed E-state index contributed by atoms with van der Waals surface area (Å²) in [7, 11) is 0. The molecule has 114 valence electrons. The molecule has 3 unspecified atom stereocenters. The van der Waals surface area contributed by atoms with Crippen molar-refractivity contribution >= 4 is 11.7 Å². The highest BCUT2D eigenvalue weighted by atomic mass is 16.3. The number of aromatic hydroxyl groups is 1. The third-order valence-electron chi connectivity index (χ3n) is 4.72. The predicted octanol–water partition coefficient (Wildman–Crippen LogP) is 2.34. The van der Waals surface area contributed by atoms with E-state index in [9.17, 15) is 9.90 Å². The average molecular weight is 289 g/mol. The zero-order valence-corrected chi connectivity index (χ0v) is 12.4. The minimum Gasteiger partial charge on any atom is -0.504 e. The van der Waals surface area contributed by atoms with Gasteiger partial charge in [0.15, 0.2) is 11.6 Å². The van der Waals surface area contributed by atoms with Crippen LogP contribution >= 0.6 is 0 Å². The van der Waals surface area contributed by atoms with E-state index in [0.29, 0.717) is 6.04 Å². The Bertz CT molecular complexity index is 532. The van der Waals surface area contributed by atoms with Gasteiger partial charge >= 0.3 is 0 Å². The van der Waals surface area contributed by atoms with Gasteiger partial charge in [0.2, 0.25) is 5.91 Å². The van der Waals surface area contributed by atoms with Crippen molar-refractivity contribution in [2.75, 3.05) is 5.32 Å². The van der Waals surface area contributed by atoms with Crippen molar-refractivity contribution in [3.8, 4) is 5.75 Å². The molecule has 0 aromatic carbocycles.